The average molecular weight is 431 g/mol. The van der Waals surface area contributed by atoms with Gasteiger partial charge in [0.1, 0.15) is 16.7 Å². The van der Waals surface area contributed by atoms with Crippen LogP contribution in [-0.2, 0) is 21.6 Å². The Balaban J connectivity index is 1.28. The molecule has 2 unspecified atom stereocenters. The molecule has 6 nitrogen and oxygen atoms in total. The Labute approximate surface area is 176 Å². The van der Waals surface area contributed by atoms with Crippen LogP contribution in [0.3, 0.4) is 0 Å². The maximum absolute atomic E-state index is 12.8. The van der Waals surface area contributed by atoms with Crippen LogP contribution < -0.4 is 0 Å². The van der Waals surface area contributed by atoms with E-state index in [2.05, 4.69) is 16.4 Å². The fourth-order valence-corrected chi connectivity index (χ4v) is 6.44. The molecule has 4 heterocycles. The molecule has 5 rings (SSSR count). The highest BCUT2D eigenvalue weighted by Crippen LogP contribution is 2.44. The lowest BCUT2D eigenvalue weighted by molar-refractivity contribution is -0.154. The number of ether oxygens (including phenoxy) is 1. The number of amides is 1. The van der Waals surface area contributed by atoms with Gasteiger partial charge in [-0.15, -0.1) is 22.7 Å². The number of likely N-dealkylation sites (tertiary alicyclic amines) is 1. The van der Waals surface area contributed by atoms with Crippen LogP contribution in [0.15, 0.2) is 35.7 Å². The van der Waals surface area contributed by atoms with Crippen LogP contribution in [-0.4, -0.2) is 51.8 Å². The number of piperidine rings is 1. The minimum atomic E-state index is -1.52. The number of thiazole rings is 1. The number of carbonyl (C=O) groups excluding carboxylic acids is 1. The van der Waals surface area contributed by atoms with Gasteiger partial charge in [0.15, 0.2) is 6.10 Å². The summed E-state index contributed by atoms with van der Waals surface area (Å²) in [6.07, 6.45) is -0.497. The maximum atomic E-state index is 12.8. The number of hydrogen-bond donors (Lipinski definition) is 2. The lowest BCUT2D eigenvalue weighted by Gasteiger charge is -2.44. The Morgan fingerprint density at radius 3 is 2.79 bits per heavy atom. The van der Waals surface area contributed by atoms with Gasteiger partial charge in [0.2, 0.25) is 0 Å². The first-order valence-corrected chi connectivity index (χ1v) is 11.5. The molecule has 1 fully saturated rings. The third-order valence-electron chi connectivity index (χ3n) is 5.91. The second-order valence-corrected chi connectivity index (χ2v) is 9.58. The zero-order valence-electron chi connectivity index (χ0n) is 15.8. The third-order valence-corrected chi connectivity index (χ3v) is 8.16. The summed E-state index contributed by atoms with van der Waals surface area (Å²) in [7, 11) is 0. The van der Waals surface area contributed by atoms with Crippen molar-refractivity contribution in [2.24, 2.45) is 0 Å². The third kappa shape index (κ3) is 3.29. The number of nitrogens with zero attached hydrogens (tertiary/aromatic N) is 2. The molecule has 0 aliphatic carbocycles. The second kappa shape index (κ2) is 7.45. The number of hydrogen-bond acceptors (Lipinski definition) is 7. The molecule has 1 amide bonds. The van der Waals surface area contributed by atoms with E-state index in [-0.39, 0.29) is 5.60 Å². The SMILES string of the molecule is O=C(C(O)C(O)c1nc2ccccc2s1)N1CCC2(CC1)OCCc1ccsc12. The van der Waals surface area contributed by atoms with E-state index in [4.69, 9.17) is 4.74 Å². The number of aromatic nitrogens is 1. The topological polar surface area (TPSA) is 82.9 Å². The molecular weight excluding hydrogens is 408 g/mol. The summed E-state index contributed by atoms with van der Waals surface area (Å²) < 4.78 is 7.10. The molecule has 0 radical (unpaired) electrons. The maximum Gasteiger partial charge on any atom is 0.254 e. The zero-order valence-corrected chi connectivity index (χ0v) is 17.4. The Kier molecular flexibility index (Phi) is 4.92. The van der Waals surface area contributed by atoms with Crippen molar-refractivity contribution in [3.8, 4) is 0 Å². The summed E-state index contributed by atoms with van der Waals surface area (Å²) >= 11 is 3.02. The van der Waals surface area contributed by atoms with Gasteiger partial charge in [-0.2, -0.15) is 0 Å². The molecule has 2 atom stereocenters. The zero-order chi connectivity index (χ0) is 20.0. The Hall–Kier alpha value is -1.84. The molecule has 29 heavy (non-hydrogen) atoms. The van der Waals surface area contributed by atoms with Crippen LogP contribution in [0, 0.1) is 0 Å². The molecule has 1 aromatic carbocycles. The smallest absolute Gasteiger partial charge is 0.254 e. The van der Waals surface area contributed by atoms with Gasteiger partial charge in [0.05, 0.1) is 16.8 Å². The molecular formula is C21H22N2O4S2. The Morgan fingerprint density at radius 2 is 2.00 bits per heavy atom. The van der Waals surface area contributed by atoms with E-state index in [1.165, 1.54) is 21.8 Å². The first-order chi connectivity index (χ1) is 14.1. The van der Waals surface area contributed by atoms with E-state index in [1.807, 2.05) is 24.3 Å². The van der Waals surface area contributed by atoms with Crippen molar-refractivity contribution >= 4 is 38.8 Å². The van der Waals surface area contributed by atoms with Crippen molar-refractivity contribution in [3.63, 3.8) is 0 Å². The molecule has 1 saturated heterocycles. The lowest BCUT2D eigenvalue weighted by Crippen LogP contribution is -2.51. The molecule has 2 N–H and O–H groups in total. The van der Waals surface area contributed by atoms with Crippen molar-refractivity contribution in [1.29, 1.82) is 0 Å². The average Bonchev–Trinajstić information content (AvgIpc) is 3.40. The lowest BCUT2D eigenvalue weighted by atomic mass is 9.85. The number of carbonyl (C=O) groups is 1. The summed E-state index contributed by atoms with van der Waals surface area (Å²) in [4.78, 5) is 20.1. The Morgan fingerprint density at radius 1 is 1.21 bits per heavy atom. The minimum Gasteiger partial charge on any atom is -0.383 e. The summed E-state index contributed by atoms with van der Waals surface area (Å²) in [5.74, 6) is -0.450. The molecule has 0 saturated carbocycles. The van der Waals surface area contributed by atoms with Crippen molar-refractivity contribution in [3.05, 3.63) is 51.2 Å². The van der Waals surface area contributed by atoms with Gasteiger partial charge in [-0.05, 0) is 48.4 Å². The first-order valence-electron chi connectivity index (χ1n) is 9.79. The molecule has 2 aliphatic rings. The Bertz CT molecular complexity index is 1010. The second-order valence-electron chi connectivity index (χ2n) is 7.60. The number of rotatable bonds is 3. The van der Waals surface area contributed by atoms with E-state index in [1.54, 1.807) is 16.2 Å². The number of aliphatic hydroxyl groups excluding tert-OH is 2. The predicted molar refractivity (Wildman–Crippen MR) is 112 cm³/mol. The van der Waals surface area contributed by atoms with E-state index in [9.17, 15) is 15.0 Å². The van der Waals surface area contributed by atoms with Gasteiger partial charge < -0.3 is 19.8 Å². The number of fused-ring (bicyclic) bond motifs is 3. The number of thiophene rings is 1. The first kappa shape index (κ1) is 19.1. The molecule has 8 heteroatoms. The van der Waals surface area contributed by atoms with Crippen molar-refractivity contribution in [2.45, 2.75) is 37.1 Å². The molecule has 1 spiro atoms. The molecule has 3 aromatic rings. The van der Waals surface area contributed by atoms with Gasteiger partial charge in [-0.25, -0.2) is 4.98 Å². The fraction of sp³-hybridized carbons (Fsp3) is 0.429. The standard InChI is InChI=1S/C21H22N2O4S2/c24-16(19-22-14-3-1-2-4-15(14)29-19)17(25)20(26)23-9-7-21(8-10-23)18-13(5-11-27-21)6-12-28-18/h1-4,6,12,16-17,24-25H,5,7-11H2. The fourth-order valence-electron chi connectivity index (χ4n) is 4.29. The van der Waals surface area contributed by atoms with E-state index < -0.39 is 18.1 Å². The highest BCUT2D eigenvalue weighted by atomic mass is 32.1. The predicted octanol–water partition coefficient (Wildman–Crippen LogP) is 2.84. The van der Waals surface area contributed by atoms with Crippen LogP contribution in [0.5, 0.6) is 0 Å². The summed E-state index contributed by atoms with van der Waals surface area (Å²) in [6.45, 7) is 1.70. The normalized spacial score (nSPS) is 20.6. The van der Waals surface area contributed by atoms with Gasteiger partial charge in [-0.3, -0.25) is 4.79 Å². The molecule has 2 aliphatic heterocycles. The number of benzene rings is 1. The summed E-state index contributed by atoms with van der Waals surface area (Å²) in [5, 5.41) is 23.6. The number of aliphatic hydroxyl groups is 2. The monoisotopic (exact) mass is 430 g/mol. The summed E-state index contributed by atoms with van der Waals surface area (Å²) in [6, 6.07) is 9.69. The van der Waals surface area contributed by atoms with Crippen LogP contribution in [0.4, 0.5) is 0 Å². The van der Waals surface area contributed by atoms with E-state index in [0.717, 1.165) is 16.6 Å². The number of para-hydroxylation sites is 1. The van der Waals surface area contributed by atoms with E-state index >= 15 is 0 Å². The van der Waals surface area contributed by atoms with Crippen molar-refractivity contribution in [1.82, 2.24) is 9.88 Å². The highest BCUT2D eigenvalue weighted by molar-refractivity contribution is 7.18. The van der Waals surface area contributed by atoms with E-state index in [0.29, 0.717) is 37.5 Å². The summed E-state index contributed by atoms with van der Waals surface area (Å²) in [5.41, 5.74) is 1.80. The van der Waals surface area contributed by atoms with Crippen molar-refractivity contribution in [2.75, 3.05) is 19.7 Å². The van der Waals surface area contributed by atoms with Gasteiger partial charge in [0.25, 0.3) is 5.91 Å². The van der Waals surface area contributed by atoms with Crippen LogP contribution >= 0.6 is 22.7 Å². The van der Waals surface area contributed by atoms with Gasteiger partial charge in [-0.1, -0.05) is 12.1 Å². The largest absolute Gasteiger partial charge is 0.383 e. The quantitative estimate of drug-likeness (QED) is 0.668. The van der Waals surface area contributed by atoms with Gasteiger partial charge >= 0.3 is 0 Å². The van der Waals surface area contributed by atoms with Crippen LogP contribution in [0.25, 0.3) is 10.2 Å². The van der Waals surface area contributed by atoms with Crippen LogP contribution in [0.2, 0.25) is 0 Å². The molecule has 152 valence electrons. The van der Waals surface area contributed by atoms with Crippen molar-refractivity contribution < 1.29 is 19.7 Å². The molecule has 2 aromatic heterocycles. The van der Waals surface area contributed by atoms with Gasteiger partial charge in [0, 0.05) is 18.0 Å². The van der Waals surface area contributed by atoms with Crippen LogP contribution in [0.1, 0.15) is 34.4 Å². The molecule has 0 bridgehead atoms. The highest BCUT2D eigenvalue weighted by Gasteiger charge is 2.44. The minimum absolute atomic E-state index is 0.310.